The van der Waals surface area contributed by atoms with Gasteiger partial charge in [-0.05, 0) is 30.3 Å². The first-order valence-corrected chi connectivity index (χ1v) is 9.06. The van der Waals surface area contributed by atoms with E-state index in [1.165, 1.54) is 0 Å². The van der Waals surface area contributed by atoms with Gasteiger partial charge in [-0.15, -0.1) is 10.2 Å². The number of methoxy groups -OCH3 is 1. The minimum atomic E-state index is -0.241. The molecule has 1 aromatic heterocycles. The van der Waals surface area contributed by atoms with Gasteiger partial charge in [0.15, 0.2) is 11.5 Å². The van der Waals surface area contributed by atoms with Gasteiger partial charge in [-0.1, -0.05) is 11.6 Å². The molecule has 27 heavy (non-hydrogen) atoms. The lowest BCUT2D eigenvalue weighted by atomic mass is 10.3. The van der Waals surface area contributed by atoms with Gasteiger partial charge in [0, 0.05) is 31.9 Å². The van der Waals surface area contributed by atoms with Crippen LogP contribution in [0.5, 0.6) is 5.75 Å². The summed E-state index contributed by atoms with van der Waals surface area (Å²) in [7, 11) is 1.56. The van der Waals surface area contributed by atoms with Crippen LogP contribution >= 0.6 is 11.6 Å². The molecule has 0 bridgehead atoms. The summed E-state index contributed by atoms with van der Waals surface area (Å²) in [6.07, 6.45) is 0. The van der Waals surface area contributed by atoms with E-state index < -0.39 is 0 Å². The third kappa shape index (κ3) is 5.53. The highest BCUT2D eigenvalue weighted by Gasteiger charge is 2.12. The van der Waals surface area contributed by atoms with Crippen LogP contribution in [0.25, 0.3) is 0 Å². The number of ether oxygens (including phenoxy) is 2. The van der Waals surface area contributed by atoms with Crippen molar-refractivity contribution >= 4 is 29.0 Å². The molecule has 1 aliphatic rings. The summed E-state index contributed by atoms with van der Waals surface area (Å²) in [6, 6.07) is 8.63. The zero-order valence-electron chi connectivity index (χ0n) is 15.1. The predicted octanol–water partition coefficient (Wildman–Crippen LogP) is 1.94. The topological polar surface area (TPSA) is 88.6 Å². The molecule has 1 aliphatic heterocycles. The first-order chi connectivity index (χ1) is 13.2. The molecular weight excluding hydrogens is 370 g/mol. The fourth-order valence-electron chi connectivity index (χ4n) is 2.65. The number of halogens is 1. The number of hydrogen-bond acceptors (Lipinski definition) is 7. The van der Waals surface area contributed by atoms with Crippen LogP contribution in [-0.4, -0.2) is 67.5 Å². The average molecular weight is 392 g/mol. The lowest BCUT2D eigenvalue weighted by molar-refractivity contribution is 0.0383. The highest BCUT2D eigenvalue weighted by Crippen LogP contribution is 2.28. The van der Waals surface area contributed by atoms with Crippen LogP contribution in [0.4, 0.5) is 11.5 Å². The quantitative estimate of drug-likeness (QED) is 0.745. The second-order valence-electron chi connectivity index (χ2n) is 5.99. The van der Waals surface area contributed by atoms with Crippen LogP contribution in [0, 0.1) is 0 Å². The summed E-state index contributed by atoms with van der Waals surface area (Å²) in [5.74, 6) is 0.869. The van der Waals surface area contributed by atoms with E-state index in [4.69, 9.17) is 21.1 Å². The maximum absolute atomic E-state index is 12.2. The average Bonchev–Trinajstić information content (AvgIpc) is 2.69. The zero-order chi connectivity index (χ0) is 19.1. The van der Waals surface area contributed by atoms with Crippen LogP contribution in [0.15, 0.2) is 30.3 Å². The Balaban J connectivity index is 1.50. The number of anilines is 2. The van der Waals surface area contributed by atoms with Crippen molar-refractivity contribution < 1.29 is 14.3 Å². The van der Waals surface area contributed by atoms with Crippen molar-refractivity contribution in [2.45, 2.75) is 0 Å². The summed E-state index contributed by atoms with van der Waals surface area (Å²) in [4.78, 5) is 14.4. The lowest BCUT2D eigenvalue weighted by Gasteiger charge is -2.26. The molecule has 1 fully saturated rings. The molecule has 0 radical (unpaired) electrons. The number of nitrogens with zero attached hydrogens (tertiary/aromatic N) is 3. The molecule has 0 atom stereocenters. The number of morpholine rings is 1. The van der Waals surface area contributed by atoms with Crippen LogP contribution < -0.4 is 15.4 Å². The van der Waals surface area contributed by atoms with E-state index in [1.807, 2.05) is 6.07 Å². The van der Waals surface area contributed by atoms with Gasteiger partial charge in [-0.25, -0.2) is 0 Å². The largest absolute Gasteiger partial charge is 0.495 e. The molecule has 2 N–H and O–H groups in total. The monoisotopic (exact) mass is 391 g/mol. The number of aromatic nitrogens is 2. The number of amides is 1. The maximum Gasteiger partial charge on any atom is 0.271 e. The first kappa shape index (κ1) is 19.3. The zero-order valence-corrected chi connectivity index (χ0v) is 15.8. The normalized spacial score (nSPS) is 14.6. The minimum absolute atomic E-state index is 0.241. The van der Waals surface area contributed by atoms with Gasteiger partial charge < -0.3 is 20.1 Å². The van der Waals surface area contributed by atoms with Crippen LogP contribution in [0.1, 0.15) is 10.5 Å². The minimum Gasteiger partial charge on any atom is -0.495 e. The van der Waals surface area contributed by atoms with E-state index in [1.54, 1.807) is 31.4 Å². The lowest BCUT2D eigenvalue weighted by Crippen LogP contribution is -2.41. The number of nitrogens with one attached hydrogen (secondary N) is 2. The molecule has 0 saturated carbocycles. The van der Waals surface area contributed by atoms with Crippen molar-refractivity contribution in [3.63, 3.8) is 0 Å². The summed E-state index contributed by atoms with van der Waals surface area (Å²) in [5.41, 5.74) is 1.02. The number of benzene rings is 1. The Hall–Kier alpha value is -2.42. The molecule has 2 aromatic rings. The molecule has 1 aromatic carbocycles. The second kappa shape index (κ2) is 9.50. The van der Waals surface area contributed by atoms with Crippen LogP contribution in [0.2, 0.25) is 5.02 Å². The van der Waals surface area contributed by atoms with E-state index in [0.29, 0.717) is 23.1 Å². The molecule has 2 heterocycles. The van der Waals surface area contributed by atoms with Gasteiger partial charge in [-0.3, -0.25) is 9.69 Å². The molecule has 1 amide bonds. The molecule has 1 saturated heterocycles. The van der Waals surface area contributed by atoms with E-state index in [2.05, 4.69) is 25.7 Å². The Morgan fingerprint density at radius 3 is 2.74 bits per heavy atom. The van der Waals surface area contributed by atoms with E-state index in [-0.39, 0.29) is 11.6 Å². The molecular formula is C18H22ClN5O3. The SMILES string of the molecule is COc1ccc(Nc2ccc(C(=O)NCCN3CCOCC3)nn2)cc1Cl. The molecule has 0 spiro atoms. The van der Waals surface area contributed by atoms with E-state index in [0.717, 1.165) is 38.5 Å². The first-order valence-electron chi connectivity index (χ1n) is 8.68. The molecule has 9 heteroatoms. The van der Waals surface area contributed by atoms with Crippen LogP contribution in [-0.2, 0) is 4.74 Å². The van der Waals surface area contributed by atoms with Gasteiger partial charge >= 0.3 is 0 Å². The smallest absolute Gasteiger partial charge is 0.271 e. The third-order valence-corrected chi connectivity index (χ3v) is 4.43. The Kier molecular flexibility index (Phi) is 6.80. The Morgan fingerprint density at radius 1 is 1.26 bits per heavy atom. The second-order valence-corrected chi connectivity index (χ2v) is 6.40. The molecule has 144 valence electrons. The molecule has 3 rings (SSSR count). The van der Waals surface area contributed by atoms with Gasteiger partial charge in [-0.2, -0.15) is 0 Å². The van der Waals surface area contributed by atoms with Gasteiger partial charge in [0.05, 0.1) is 25.3 Å². The highest BCUT2D eigenvalue weighted by molar-refractivity contribution is 6.32. The molecule has 8 nitrogen and oxygen atoms in total. The van der Waals surface area contributed by atoms with Gasteiger partial charge in [0.1, 0.15) is 5.75 Å². The van der Waals surface area contributed by atoms with E-state index in [9.17, 15) is 4.79 Å². The number of carbonyl (C=O) groups is 1. The van der Waals surface area contributed by atoms with Crippen molar-refractivity contribution in [2.24, 2.45) is 0 Å². The van der Waals surface area contributed by atoms with Crippen molar-refractivity contribution in [3.05, 3.63) is 41.0 Å². The van der Waals surface area contributed by atoms with Crippen molar-refractivity contribution in [2.75, 3.05) is 51.8 Å². The highest BCUT2D eigenvalue weighted by atomic mass is 35.5. The summed E-state index contributed by atoms with van der Waals surface area (Å²) in [5, 5.41) is 14.5. The maximum atomic E-state index is 12.2. The number of rotatable bonds is 7. The fourth-order valence-corrected chi connectivity index (χ4v) is 2.91. The summed E-state index contributed by atoms with van der Waals surface area (Å²) in [6.45, 7) is 4.63. The van der Waals surface area contributed by atoms with Crippen molar-refractivity contribution in [3.8, 4) is 5.75 Å². The summed E-state index contributed by atoms with van der Waals surface area (Å²) >= 11 is 6.10. The Bertz CT molecular complexity index is 766. The van der Waals surface area contributed by atoms with Gasteiger partial charge in [0.2, 0.25) is 0 Å². The molecule has 0 unspecified atom stereocenters. The summed E-state index contributed by atoms with van der Waals surface area (Å²) < 4.78 is 10.4. The Labute approximate surface area is 162 Å². The predicted molar refractivity (Wildman–Crippen MR) is 103 cm³/mol. The van der Waals surface area contributed by atoms with Crippen molar-refractivity contribution in [1.29, 1.82) is 0 Å². The Morgan fingerprint density at radius 2 is 2.07 bits per heavy atom. The number of carbonyl (C=O) groups excluding carboxylic acids is 1. The van der Waals surface area contributed by atoms with Crippen molar-refractivity contribution in [1.82, 2.24) is 20.4 Å². The van der Waals surface area contributed by atoms with Crippen LogP contribution in [0.3, 0.4) is 0 Å². The standard InChI is InChI=1S/C18H22ClN5O3/c1-26-16-4-2-13(12-14(16)19)21-17-5-3-15(22-23-17)18(25)20-6-7-24-8-10-27-11-9-24/h2-5,12H,6-11H2,1H3,(H,20,25)(H,21,23). The fraction of sp³-hybridized carbons (Fsp3) is 0.389. The van der Waals surface area contributed by atoms with Gasteiger partial charge in [0.25, 0.3) is 5.91 Å². The van der Waals surface area contributed by atoms with E-state index >= 15 is 0 Å². The number of hydrogen-bond donors (Lipinski definition) is 2. The third-order valence-electron chi connectivity index (χ3n) is 4.14. The molecule has 0 aliphatic carbocycles.